The van der Waals surface area contributed by atoms with E-state index in [1.807, 2.05) is 31.2 Å². The van der Waals surface area contributed by atoms with Gasteiger partial charge in [-0.3, -0.25) is 4.79 Å². The van der Waals surface area contributed by atoms with Crippen molar-refractivity contribution in [2.24, 2.45) is 5.92 Å². The smallest absolute Gasteiger partial charge is 0.314 e. The first kappa shape index (κ1) is 10.7. The average Bonchev–Trinajstić information content (AvgIpc) is 2.19. The molecule has 0 aromatic heterocycles. The minimum atomic E-state index is -0.691. The largest absolute Gasteiger partial charge is 0.481 e. The molecule has 0 bridgehead atoms. The Kier molecular flexibility index (Phi) is 2.59. The molecule has 1 aliphatic carbocycles. The SMILES string of the molecule is CC1CCC1(C(=O)O)c1ccc(Br)cc1. The molecule has 1 aromatic rings. The Morgan fingerprint density at radius 2 is 2.07 bits per heavy atom. The molecule has 0 heterocycles. The van der Waals surface area contributed by atoms with Crippen molar-refractivity contribution in [2.75, 3.05) is 0 Å². The lowest BCUT2D eigenvalue weighted by Gasteiger charge is -2.44. The van der Waals surface area contributed by atoms with Crippen molar-refractivity contribution in [3.63, 3.8) is 0 Å². The lowest BCUT2D eigenvalue weighted by atomic mass is 9.57. The summed E-state index contributed by atoms with van der Waals surface area (Å²) in [6.07, 6.45) is 1.76. The van der Waals surface area contributed by atoms with E-state index in [1.54, 1.807) is 0 Å². The number of carboxylic acid groups (broad SMARTS) is 1. The fraction of sp³-hybridized carbons (Fsp3) is 0.417. The topological polar surface area (TPSA) is 37.3 Å². The van der Waals surface area contributed by atoms with Crippen LogP contribution in [0.3, 0.4) is 0 Å². The Bertz CT molecular complexity index is 385. The number of rotatable bonds is 2. The van der Waals surface area contributed by atoms with Gasteiger partial charge >= 0.3 is 5.97 Å². The van der Waals surface area contributed by atoms with Crippen LogP contribution in [-0.4, -0.2) is 11.1 Å². The first-order valence-electron chi connectivity index (χ1n) is 5.07. The van der Waals surface area contributed by atoms with Gasteiger partial charge in [-0.2, -0.15) is 0 Å². The molecule has 2 nitrogen and oxygen atoms in total. The van der Waals surface area contributed by atoms with E-state index in [0.29, 0.717) is 0 Å². The summed E-state index contributed by atoms with van der Waals surface area (Å²) in [6, 6.07) is 7.64. The van der Waals surface area contributed by atoms with Gasteiger partial charge < -0.3 is 5.11 Å². The normalized spacial score (nSPS) is 29.6. The van der Waals surface area contributed by atoms with Gasteiger partial charge in [0.05, 0.1) is 5.41 Å². The minimum Gasteiger partial charge on any atom is -0.481 e. The summed E-state index contributed by atoms with van der Waals surface area (Å²) < 4.78 is 0.985. The van der Waals surface area contributed by atoms with Crippen LogP contribution in [0.1, 0.15) is 25.3 Å². The summed E-state index contributed by atoms with van der Waals surface area (Å²) in [6.45, 7) is 2.01. The van der Waals surface area contributed by atoms with Crippen LogP contribution in [0.15, 0.2) is 28.7 Å². The van der Waals surface area contributed by atoms with Crippen molar-refractivity contribution >= 4 is 21.9 Å². The van der Waals surface area contributed by atoms with Crippen LogP contribution in [0.5, 0.6) is 0 Å². The van der Waals surface area contributed by atoms with Gasteiger partial charge in [-0.15, -0.1) is 0 Å². The lowest BCUT2D eigenvalue weighted by molar-refractivity contribution is -0.151. The Balaban J connectivity index is 2.42. The van der Waals surface area contributed by atoms with Crippen molar-refractivity contribution in [1.82, 2.24) is 0 Å². The number of aliphatic carboxylic acids is 1. The van der Waals surface area contributed by atoms with E-state index in [9.17, 15) is 9.90 Å². The van der Waals surface area contributed by atoms with E-state index >= 15 is 0 Å². The zero-order valence-corrected chi connectivity index (χ0v) is 10.1. The minimum absolute atomic E-state index is 0.233. The Labute approximate surface area is 97.4 Å². The molecule has 1 fully saturated rings. The van der Waals surface area contributed by atoms with Crippen molar-refractivity contribution < 1.29 is 9.90 Å². The predicted octanol–water partition coefficient (Wildman–Crippen LogP) is 3.20. The average molecular weight is 269 g/mol. The fourth-order valence-electron chi connectivity index (χ4n) is 2.34. The fourth-order valence-corrected chi connectivity index (χ4v) is 2.60. The van der Waals surface area contributed by atoms with Crippen LogP contribution in [0.2, 0.25) is 0 Å². The van der Waals surface area contributed by atoms with Crippen LogP contribution in [0, 0.1) is 5.92 Å². The zero-order chi connectivity index (χ0) is 11.1. The standard InChI is InChI=1S/C12H13BrO2/c1-8-6-7-12(8,11(14)15)9-2-4-10(13)5-3-9/h2-5,8H,6-7H2,1H3,(H,14,15). The summed E-state index contributed by atoms with van der Waals surface area (Å²) in [5.74, 6) is -0.459. The first-order chi connectivity index (χ1) is 7.07. The number of carboxylic acids is 1. The van der Waals surface area contributed by atoms with Gasteiger partial charge in [0.25, 0.3) is 0 Å². The second-order valence-corrected chi connectivity index (χ2v) is 5.14. The molecule has 1 aromatic carbocycles. The monoisotopic (exact) mass is 268 g/mol. The van der Waals surface area contributed by atoms with E-state index in [-0.39, 0.29) is 5.92 Å². The second kappa shape index (κ2) is 3.63. The summed E-state index contributed by atoms with van der Waals surface area (Å²) in [5.41, 5.74) is 0.290. The Morgan fingerprint density at radius 3 is 2.40 bits per heavy atom. The highest BCUT2D eigenvalue weighted by Crippen LogP contribution is 2.48. The highest BCUT2D eigenvalue weighted by atomic mass is 79.9. The highest BCUT2D eigenvalue weighted by Gasteiger charge is 2.51. The van der Waals surface area contributed by atoms with E-state index in [2.05, 4.69) is 15.9 Å². The molecule has 0 spiro atoms. The molecule has 2 unspecified atom stereocenters. The van der Waals surface area contributed by atoms with Crippen molar-refractivity contribution in [3.8, 4) is 0 Å². The lowest BCUT2D eigenvalue weighted by Crippen LogP contribution is -2.49. The number of carbonyl (C=O) groups is 1. The molecule has 0 radical (unpaired) electrons. The molecular weight excluding hydrogens is 256 g/mol. The van der Waals surface area contributed by atoms with E-state index in [4.69, 9.17) is 0 Å². The molecule has 0 aliphatic heterocycles. The number of benzene rings is 1. The van der Waals surface area contributed by atoms with Gasteiger partial charge in [-0.25, -0.2) is 0 Å². The molecule has 2 rings (SSSR count). The number of halogens is 1. The summed E-state index contributed by atoms with van der Waals surface area (Å²) in [5, 5.41) is 9.37. The van der Waals surface area contributed by atoms with Crippen LogP contribution in [0.4, 0.5) is 0 Å². The first-order valence-corrected chi connectivity index (χ1v) is 5.86. The maximum atomic E-state index is 11.4. The number of hydrogen-bond donors (Lipinski definition) is 1. The van der Waals surface area contributed by atoms with Gasteiger partial charge in [-0.1, -0.05) is 35.0 Å². The second-order valence-electron chi connectivity index (χ2n) is 4.22. The molecule has 1 aliphatic rings. The number of hydrogen-bond acceptors (Lipinski definition) is 1. The third kappa shape index (κ3) is 1.49. The molecule has 15 heavy (non-hydrogen) atoms. The Morgan fingerprint density at radius 1 is 1.47 bits per heavy atom. The highest BCUT2D eigenvalue weighted by molar-refractivity contribution is 9.10. The third-order valence-electron chi connectivity index (χ3n) is 3.55. The van der Waals surface area contributed by atoms with Gasteiger partial charge in [0, 0.05) is 4.47 Å². The molecule has 2 atom stereocenters. The van der Waals surface area contributed by atoms with Gasteiger partial charge in [0.2, 0.25) is 0 Å². The molecule has 1 saturated carbocycles. The zero-order valence-electron chi connectivity index (χ0n) is 8.53. The van der Waals surface area contributed by atoms with Crippen molar-refractivity contribution in [2.45, 2.75) is 25.2 Å². The van der Waals surface area contributed by atoms with E-state index in [0.717, 1.165) is 22.9 Å². The maximum Gasteiger partial charge on any atom is 0.314 e. The molecule has 0 amide bonds. The van der Waals surface area contributed by atoms with Crippen LogP contribution >= 0.6 is 15.9 Å². The molecule has 1 N–H and O–H groups in total. The summed E-state index contributed by atoms with van der Waals surface area (Å²) in [4.78, 5) is 11.4. The van der Waals surface area contributed by atoms with E-state index < -0.39 is 11.4 Å². The van der Waals surface area contributed by atoms with Crippen LogP contribution in [-0.2, 0) is 10.2 Å². The van der Waals surface area contributed by atoms with Gasteiger partial charge in [-0.05, 0) is 36.5 Å². The van der Waals surface area contributed by atoms with E-state index in [1.165, 1.54) is 0 Å². The summed E-state index contributed by atoms with van der Waals surface area (Å²) >= 11 is 3.36. The maximum absolute atomic E-state index is 11.4. The molecule has 80 valence electrons. The predicted molar refractivity (Wildman–Crippen MR) is 61.9 cm³/mol. The van der Waals surface area contributed by atoms with Crippen LogP contribution in [0.25, 0.3) is 0 Å². The van der Waals surface area contributed by atoms with Gasteiger partial charge in [0.1, 0.15) is 0 Å². The van der Waals surface area contributed by atoms with Crippen molar-refractivity contribution in [1.29, 1.82) is 0 Å². The van der Waals surface area contributed by atoms with Crippen molar-refractivity contribution in [3.05, 3.63) is 34.3 Å². The quantitative estimate of drug-likeness (QED) is 0.895. The third-order valence-corrected chi connectivity index (χ3v) is 4.08. The van der Waals surface area contributed by atoms with Gasteiger partial charge in [0.15, 0.2) is 0 Å². The molecular formula is C12H13BrO2. The molecule has 0 saturated heterocycles. The Hall–Kier alpha value is -0.830. The summed E-state index contributed by atoms with van der Waals surface area (Å²) in [7, 11) is 0. The molecule has 3 heteroatoms. The van der Waals surface area contributed by atoms with Crippen LogP contribution < -0.4 is 0 Å².